The molecule has 0 bridgehead atoms. The van der Waals surface area contributed by atoms with Crippen LogP contribution >= 0.6 is 0 Å². The molecule has 1 aliphatic heterocycles. The minimum Gasteiger partial charge on any atom is -0.476 e. The van der Waals surface area contributed by atoms with E-state index in [9.17, 15) is 13.2 Å². The van der Waals surface area contributed by atoms with E-state index in [4.69, 9.17) is 4.74 Å². The van der Waals surface area contributed by atoms with E-state index in [-0.39, 0.29) is 5.92 Å². The van der Waals surface area contributed by atoms with Gasteiger partial charge in [0.1, 0.15) is 0 Å². The molecule has 6 nitrogen and oxygen atoms in total. The molecule has 128 valence electrons. The van der Waals surface area contributed by atoms with Gasteiger partial charge in [-0.2, -0.15) is 18.3 Å². The Kier molecular flexibility index (Phi) is 4.50. The molecule has 0 N–H and O–H groups in total. The number of nitrogens with zero attached hydrogens (tertiary/aromatic N) is 5. The Morgan fingerprint density at radius 2 is 1.96 bits per heavy atom. The molecule has 0 aliphatic carbocycles. The summed E-state index contributed by atoms with van der Waals surface area (Å²) >= 11 is 0. The summed E-state index contributed by atoms with van der Waals surface area (Å²) in [6.07, 6.45) is -3.61. The standard InChI is InChI=1S/C15H16F3N5O/c1-10-2-5-14(22-19-10)24-9-11-6-7-23(8-11)13-4-3-12(20-21-13)15(16,17)18/h2-5,11H,6-9H2,1H3. The van der Waals surface area contributed by atoms with Crippen LogP contribution in [-0.4, -0.2) is 40.1 Å². The van der Waals surface area contributed by atoms with E-state index in [0.717, 1.165) is 18.2 Å². The fourth-order valence-corrected chi connectivity index (χ4v) is 2.49. The van der Waals surface area contributed by atoms with Gasteiger partial charge in [-0.05, 0) is 31.5 Å². The van der Waals surface area contributed by atoms with E-state index in [1.165, 1.54) is 6.07 Å². The molecule has 9 heteroatoms. The van der Waals surface area contributed by atoms with Gasteiger partial charge in [0.2, 0.25) is 5.88 Å². The Hall–Kier alpha value is -2.45. The molecule has 0 saturated carbocycles. The first-order valence-electron chi connectivity index (χ1n) is 7.51. The fraction of sp³-hybridized carbons (Fsp3) is 0.467. The molecule has 1 aliphatic rings. The van der Waals surface area contributed by atoms with Crippen molar-refractivity contribution in [3.8, 4) is 5.88 Å². The summed E-state index contributed by atoms with van der Waals surface area (Å²) in [5.74, 6) is 1.16. The van der Waals surface area contributed by atoms with Gasteiger partial charge < -0.3 is 9.64 Å². The third-order valence-corrected chi connectivity index (χ3v) is 3.79. The highest BCUT2D eigenvalue weighted by Gasteiger charge is 2.33. The average Bonchev–Trinajstić information content (AvgIpc) is 3.03. The monoisotopic (exact) mass is 339 g/mol. The Morgan fingerprint density at radius 1 is 1.12 bits per heavy atom. The van der Waals surface area contributed by atoms with Crippen LogP contribution < -0.4 is 9.64 Å². The third-order valence-electron chi connectivity index (χ3n) is 3.79. The number of aryl methyl sites for hydroxylation is 1. The van der Waals surface area contributed by atoms with Crippen LogP contribution in [-0.2, 0) is 6.18 Å². The van der Waals surface area contributed by atoms with Crippen molar-refractivity contribution in [3.05, 3.63) is 35.7 Å². The molecule has 1 atom stereocenters. The molecule has 0 aromatic carbocycles. The number of hydrogen-bond donors (Lipinski definition) is 0. The molecule has 0 radical (unpaired) electrons. The number of halogens is 3. The summed E-state index contributed by atoms with van der Waals surface area (Å²) in [6, 6.07) is 5.88. The van der Waals surface area contributed by atoms with E-state index in [1.807, 2.05) is 17.9 Å². The van der Waals surface area contributed by atoms with Crippen molar-refractivity contribution in [3.63, 3.8) is 0 Å². The van der Waals surface area contributed by atoms with E-state index >= 15 is 0 Å². The number of ether oxygens (including phenoxy) is 1. The van der Waals surface area contributed by atoms with Crippen LogP contribution in [0.5, 0.6) is 5.88 Å². The topological polar surface area (TPSA) is 64.0 Å². The van der Waals surface area contributed by atoms with Crippen molar-refractivity contribution in [2.75, 3.05) is 24.6 Å². The highest BCUT2D eigenvalue weighted by molar-refractivity contribution is 5.39. The maximum atomic E-state index is 12.5. The second kappa shape index (κ2) is 6.58. The lowest BCUT2D eigenvalue weighted by molar-refractivity contribution is -0.141. The zero-order chi connectivity index (χ0) is 17.2. The van der Waals surface area contributed by atoms with Crippen LogP contribution in [0.3, 0.4) is 0 Å². The van der Waals surface area contributed by atoms with E-state index < -0.39 is 11.9 Å². The first kappa shape index (κ1) is 16.4. The number of alkyl halides is 3. The molecule has 2 aromatic rings. The molecule has 3 heterocycles. The molecule has 3 rings (SSSR count). The largest absolute Gasteiger partial charge is 0.476 e. The van der Waals surface area contributed by atoms with Gasteiger partial charge in [-0.25, -0.2) is 0 Å². The first-order valence-corrected chi connectivity index (χ1v) is 7.51. The molecule has 1 unspecified atom stereocenters. The van der Waals surface area contributed by atoms with Crippen molar-refractivity contribution in [2.45, 2.75) is 19.5 Å². The Labute approximate surface area is 136 Å². The van der Waals surface area contributed by atoms with Gasteiger partial charge in [0.05, 0.1) is 12.3 Å². The molecule has 2 aromatic heterocycles. The van der Waals surface area contributed by atoms with Gasteiger partial charge >= 0.3 is 6.18 Å². The van der Waals surface area contributed by atoms with Gasteiger partial charge in [0.25, 0.3) is 0 Å². The van der Waals surface area contributed by atoms with Gasteiger partial charge in [-0.15, -0.1) is 15.3 Å². The summed E-state index contributed by atoms with van der Waals surface area (Å²) in [4.78, 5) is 1.90. The van der Waals surface area contributed by atoms with Crippen LogP contribution in [0, 0.1) is 12.8 Å². The van der Waals surface area contributed by atoms with E-state index in [0.29, 0.717) is 31.4 Å². The minimum atomic E-state index is -4.47. The molecule has 1 fully saturated rings. The van der Waals surface area contributed by atoms with Crippen molar-refractivity contribution < 1.29 is 17.9 Å². The van der Waals surface area contributed by atoms with Gasteiger partial charge in [-0.3, -0.25) is 0 Å². The minimum absolute atomic E-state index is 0.247. The fourth-order valence-electron chi connectivity index (χ4n) is 2.49. The van der Waals surface area contributed by atoms with Crippen LogP contribution in [0.15, 0.2) is 24.3 Å². The molecule has 0 amide bonds. The van der Waals surface area contributed by atoms with Gasteiger partial charge in [0.15, 0.2) is 11.5 Å². The van der Waals surface area contributed by atoms with Crippen molar-refractivity contribution in [1.82, 2.24) is 20.4 Å². The van der Waals surface area contributed by atoms with Gasteiger partial charge in [-0.1, -0.05) is 0 Å². The lowest BCUT2D eigenvalue weighted by Crippen LogP contribution is -2.23. The van der Waals surface area contributed by atoms with Crippen molar-refractivity contribution in [1.29, 1.82) is 0 Å². The highest BCUT2D eigenvalue weighted by atomic mass is 19.4. The summed E-state index contributed by atoms with van der Waals surface area (Å²) < 4.78 is 43.1. The second-order valence-corrected chi connectivity index (χ2v) is 5.70. The first-order chi connectivity index (χ1) is 11.4. The molecule has 24 heavy (non-hydrogen) atoms. The molecular weight excluding hydrogens is 323 g/mol. The smallest absolute Gasteiger partial charge is 0.435 e. The zero-order valence-corrected chi connectivity index (χ0v) is 13.0. The summed E-state index contributed by atoms with van der Waals surface area (Å²) in [7, 11) is 0. The molecule has 0 spiro atoms. The number of anilines is 1. The van der Waals surface area contributed by atoms with Crippen molar-refractivity contribution in [2.24, 2.45) is 5.92 Å². The van der Waals surface area contributed by atoms with Crippen LogP contribution in [0.2, 0.25) is 0 Å². The van der Waals surface area contributed by atoms with Crippen molar-refractivity contribution >= 4 is 5.82 Å². The predicted molar refractivity (Wildman–Crippen MR) is 79.6 cm³/mol. The Bertz CT molecular complexity index is 675. The third kappa shape index (κ3) is 3.90. The number of hydrogen-bond acceptors (Lipinski definition) is 6. The van der Waals surface area contributed by atoms with Crippen LogP contribution in [0.1, 0.15) is 17.8 Å². The average molecular weight is 339 g/mol. The normalized spacial score (nSPS) is 18.0. The Balaban J connectivity index is 1.54. The Morgan fingerprint density at radius 3 is 2.58 bits per heavy atom. The molecule has 1 saturated heterocycles. The number of aromatic nitrogens is 4. The van der Waals surface area contributed by atoms with E-state index in [2.05, 4.69) is 20.4 Å². The van der Waals surface area contributed by atoms with Crippen LogP contribution in [0.4, 0.5) is 19.0 Å². The maximum Gasteiger partial charge on any atom is 0.435 e. The summed E-state index contributed by atoms with van der Waals surface area (Å²) in [5.41, 5.74) is -0.168. The highest BCUT2D eigenvalue weighted by Crippen LogP contribution is 2.28. The number of rotatable bonds is 4. The summed E-state index contributed by atoms with van der Waals surface area (Å²) in [6.45, 7) is 3.67. The lowest BCUT2D eigenvalue weighted by atomic mass is 10.1. The predicted octanol–water partition coefficient (Wildman–Crippen LogP) is 2.50. The second-order valence-electron chi connectivity index (χ2n) is 5.70. The maximum absolute atomic E-state index is 12.5. The van der Waals surface area contributed by atoms with E-state index in [1.54, 1.807) is 6.07 Å². The lowest BCUT2D eigenvalue weighted by Gasteiger charge is -2.17. The zero-order valence-electron chi connectivity index (χ0n) is 13.0. The quantitative estimate of drug-likeness (QED) is 0.853. The van der Waals surface area contributed by atoms with Gasteiger partial charge in [0, 0.05) is 25.1 Å². The van der Waals surface area contributed by atoms with Crippen LogP contribution in [0.25, 0.3) is 0 Å². The SMILES string of the molecule is Cc1ccc(OCC2CCN(c3ccc(C(F)(F)F)nn3)C2)nn1. The summed E-state index contributed by atoms with van der Waals surface area (Å²) in [5, 5.41) is 14.8. The molecular formula is C15H16F3N5O.